The van der Waals surface area contributed by atoms with Gasteiger partial charge in [-0.15, -0.1) is 10.2 Å². The molecule has 2 aromatic rings. The molecule has 1 amide bonds. The lowest BCUT2D eigenvalue weighted by molar-refractivity contribution is -0.384. The van der Waals surface area contributed by atoms with Gasteiger partial charge in [0.05, 0.1) is 4.92 Å². The fourth-order valence-corrected chi connectivity index (χ4v) is 2.99. The van der Waals surface area contributed by atoms with E-state index in [9.17, 15) is 14.9 Å². The molecule has 0 saturated heterocycles. The molecule has 1 aromatic carbocycles. The summed E-state index contributed by atoms with van der Waals surface area (Å²) in [5.41, 5.74) is 0.0668. The lowest BCUT2D eigenvalue weighted by atomic mass is 10.1. The number of fused-ring (bicyclic) bond motifs is 1. The van der Waals surface area contributed by atoms with Crippen molar-refractivity contribution in [1.82, 2.24) is 20.1 Å². The maximum absolute atomic E-state index is 12.1. The second-order valence-electron chi connectivity index (χ2n) is 5.57. The number of halogens is 1. The van der Waals surface area contributed by atoms with E-state index in [1.807, 2.05) is 0 Å². The number of benzene rings is 1. The van der Waals surface area contributed by atoms with Crippen molar-refractivity contribution in [3.63, 3.8) is 0 Å². The third-order valence-electron chi connectivity index (χ3n) is 3.98. The molecule has 1 N–H and O–H groups in total. The maximum atomic E-state index is 12.1. The summed E-state index contributed by atoms with van der Waals surface area (Å²) in [7, 11) is 0. The number of nitrogens with one attached hydrogen (secondary N) is 1. The first-order valence-electron chi connectivity index (χ1n) is 7.69. The number of nitro groups is 1. The van der Waals surface area contributed by atoms with Gasteiger partial charge in [0.25, 0.3) is 11.6 Å². The normalized spacial score (nSPS) is 13.4. The molecule has 9 heteroatoms. The van der Waals surface area contributed by atoms with E-state index in [2.05, 4.69) is 20.1 Å². The van der Waals surface area contributed by atoms with Gasteiger partial charge >= 0.3 is 0 Å². The van der Waals surface area contributed by atoms with Crippen LogP contribution in [0, 0.1) is 10.1 Å². The average molecular weight is 350 g/mol. The molecule has 0 atom stereocenters. The van der Waals surface area contributed by atoms with E-state index in [0.717, 1.165) is 37.5 Å². The summed E-state index contributed by atoms with van der Waals surface area (Å²) in [6, 6.07) is 3.92. The quantitative estimate of drug-likeness (QED) is 0.658. The van der Waals surface area contributed by atoms with Gasteiger partial charge < -0.3 is 9.88 Å². The summed E-state index contributed by atoms with van der Waals surface area (Å²) < 4.78 is 2.11. The van der Waals surface area contributed by atoms with E-state index >= 15 is 0 Å². The summed E-state index contributed by atoms with van der Waals surface area (Å²) in [6.45, 7) is 1.33. The second kappa shape index (κ2) is 6.96. The number of carbonyl (C=O) groups excluding carboxylic acids is 1. The van der Waals surface area contributed by atoms with Crippen LogP contribution in [-0.4, -0.2) is 32.1 Å². The monoisotopic (exact) mass is 349 g/mol. The number of nitrogens with zero attached hydrogens (tertiary/aromatic N) is 4. The Morgan fingerprint density at radius 3 is 2.96 bits per heavy atom. The first-order valence-corrected chi connectivity index (χ1v) is 8.07. The Morgan fingerprint density at radius 2 is 2.21 bits per heavy atom. The highest BCUT2D eigenvalue weighted by molar-refractivity contribution is 6.33. The zero-order chi connectivity index (χ0) is 17.1. The molecule has 1 aliphatic heterocycles. The van der Waals surface area contributed by atoms with Gasteiger partial charge in [-0.25, -0.2) is 0 Å². The molecular formula is C15H16ClN5O3. The van der Waals surface area contributed by atoms with Crippen LogP contribution in [0.15, 0.2) is 18.2 Å². The van der Waals surface area contributed by atoms with Crippen LogP contribution in [0.5, 0.6) is 0 Å². The smallest absolute Gasteiger partial charge is 0.287 e. The lowest BCUT2D eigenvalue weighted by Gasteiger charge is -2.14. The van der Waals surface area contributed by atoms with Crippen LogP contribution < -0.4 is 5.32 Å². The van der Waals surface area contributed by atoms with Crippen LogP contribution in [0.2, 0.25) is 5.02 Å². The highest BCUT2D eigenvalue weighted by atomic mass is 35.5. The van der Waals surface area contributed by atoms with Gasteiger partial charge in [0.1, 0.15) is 16.7 Å². The molecule has 1 aromatic heterocycles. The minimum atomic E-state index is -0.585. The van der Waals surface area contributed by atoms with Crippen LogP contribution >= 0.6 is 11.6 Å². The summed E-state index contributed by atoms with van der Waals surface area (Å²) in [4.78, 5) is 22.3. The van der Waals surface area contributed by atoms with Gasteiger partial charge in [-0.2, -0.15) is 0 Å². The minimum absolute atomic E-state index is 0.0563. The Bertz CT molecular complexity index is 789. The molecule has 2 heterocycles. The topological polar surface area (TPSA) is 103 Å². The molecule has 0 spiro atoms. The Balaban J connectivity index is 1.59. The van der Waals surface area contributed by atoms with E-state index < -0.39 is 4.92 Å². The molecule has 3 rings (SSSR count). The van der Waals surface area contributed by atoms with E-state index in [1.165, 1.54) is 18.2 Å². The lowest BCUT2D eigenvalue weighted by Crippen LogP contribution is -2.27. The van der Waals surface area contributed by atoms with Crippen molar-refractivity contribution in [2.75, 3.05) is 6.54 Å². The SMILES string of the molecule is O=C(NCCc1nnc2n1CCCC2)c1ccc([N+](=O)[O-])c(Cl)c1. The standard InChI is InChI=1S/C15H16ClN5O3/c16-11-9-10(4-5-12(11)21(23)24)15(22)17-7-6-14-19-18-13-3-1-2-8-20(13)14/h4-5,9H,1-3,6-8H2,(H,17,22). The fourth-order valence-electron chi connectivity index (χ4n) is 2.74. The summed E-state index contributed by atoms with van der Waals surface area (Å²) in [5.74, 6) is 1.54. The van der Waals surface area contributed by atoms with Crippen molar-refractivity contribution < 1.29 is 9.72 Å². The van der Waals surface area contributed by atoms with Crippen LogP contribution in [0.4, 0.5) is 5.69 Å². The van der Waals surface area contributed by atoms with Gasteiger partial charge in [0.2, 0.25) is 0 Å². The molecule has 126 valence electrons. The number of carbonyl (C=O) groups is 1. The first-order chi connectivity index (χ1) is 11.6. The Kier molecular flexibility index (Phi) is 4.75. The zero-order valence-corrected chi connectivity index (χ0v) is 13.6. The number of amides is 1. The van der Waals surface area contributed by atoms with Crippen molar-refractivity contribution in [2.45, 2.75) is 32.2 Å². The van der Waals surface area contributed by atoms with Crippen molar-refractivity contribution in [1.29, 1.82) is 0 Å². The number of aryl methyl sites for hydroxylation is 1. The number of nitro benzene ring substituents is 1. The van der Waals surface area contributed by atoms with Crippen molar-refractivity contribution in [3.05, 3.63) is 50.5 Å². The predicted octanol–water partition coefficient (Wildman–Crippen LogP) is 2.15. The van der Waals surface area contributed by atoms with Crippen LogP contribution in [0.3, 0.4) is 0 Å². The van der Waals surface area contributed by atoms with Gasteiger partial charge in [0.15, 0.2) is 0 Å². The average Bonchev–Trinajstić information content (AvgIpc) is 2.97. The van der Waals surface area contributed by atoms with Crippen LogP contribution in [0.1, 0.15) is 34.8 Å². The molecule has 0 bridgehead atoms. The van der Waals surface area contributed by atoms with Crippen molar-refractivity contribution in [3.8, 4) is 0 Å². The maximum Gasteiger partial charge on any atom is 0.287 e. The second-order valence-corrected chi connectivity index (χ2v) is 5.98. The number of hydrogen-bond acceptors (Lipinski definition) is 5. The van der Waals surface area contributed by atoms with E-state index in [4.69, 9.17) is 11.6 Å². The van der Waals surface area contributed by atoms with Gasteiger partial charge in [-0.1, -0.05) is 11.6 Å². The summed E-state index contributed by atoms with van der Waals surface area (Å²) in [6.07, 6.45) is 3.78. The van der Waals surface area contributed by atoms with Gasteiger partial charge in [-0.3, -0.25) is 14.9 Å². The van der Waals surface area contributed by atoms with Crippen LogP contribution in [-0.2, 0) is 19.4 Å². The highest BCUT2D eigenvalue weighted by Crippen LogP contribution is 2.24. The first kappa shape index (κ1) is 16.4. The fraction of sp³-hybridized carbons (Fsp3) is 0.400. The zero-order valence-electron chi connectivity index (χ0n) is 12.9. The van der Waals surface area contributed by atoms with E-state index in [-0.39, 0.29) is 22.2 Å². The van der Waals surface area contributed by atoms with Gasteiger partial charge in [0, 0.05) is 37.6 Å². The van der Waals surface area contributed by atoms with Crippen LogP contribution in [0.25, 0.3) is 0 Å². The molecule has 0 radical (unpaired) electrons. The van der Waals surface area contributed by atoms with Crippen molar-refractivity contribution >= 4 is 23.2 Å². The third kappa shape index (κ3) is 3.38. The predicted molar refractivity (Wildman–Crippen MR) is 87.1 cm³/mol. The van der Waals surface area contributed by atoms with Gasteiger partial charge in [-0.05, 0) is 25.0 Å². The molecule has 0 aliphatic carbocycles. The number of rotatable bonds is 5. The summed E-state index contributed by atoms with van der Waals surface area (Å²) >= 11 is 5.82. The Labute approximate surface area is 143 Å². The molecule has 0 saturated carbocycles. The highest BCUT2D eigenvalue weighted by Gasteiger charge is 2.17. The number of aromatic nitrogens is 3. The Hall–Kier alpha value is -2.48. The molecule has 0 fully saturated rings. The van der Waals surface area contributed by atoms with E-state index in [1.54, 1.807) is 0 Å². The molecule has 0 unspecified atom stereocenters. The molecule has 24 heavy (non-hydrogen) atoms. The van der Waals surface area contributed by atoms with E-state index in [0.29, 0.717) is 13.0 Å². The van der Waals surface area contributed by atoms with Crippen molar-refractivity contribution in [2.24, 2.45) is 0 Å². The molecular weight excluding hydrogens is 334 g/mol. The molecule has 8 nitrogen and oxygen atoms in total. The number of hydrogen-bond donors (Lipinski definition) is 1. The largest absolute Gasteiger partial charge is 0.352 e. The summed E-state index contributed by atoms with van der Waals surface area (Å²) in [5, 5.41) is 21.8. The minimum Gasteiger partial charge on any atom is -0.352 e. The Morgan fingerprint density at radius 1 is 1.38 bits per heavy atom. The molecule has 1 aliphatic rings. The third-order valence-corrected chi connectivity index (χ3v) is 4.28.